The normalized spacial score (nSPS) is 20.0. The number of nitrogens with zero attached hydrogens (tertiary/aromatic N) is 3. The third-order valence-corrected chi connectivity index (χ3v) is 7.26. The Morgan fingerprint density at radius 1 is 1.35 bits per heavy atom. The standard InChI is InChI=1S/C14H15Cl2N3O2S2/c1-19-13(10-4-5-23(20,21)8-10)17-18-14(19)22-7-9-2-3-11(15)6-12(9)16/h2-3,6,10H,4-5,7-8H2,1H3. The predicted octanol–water partition coefficient (Wildman–Crippen LogP) is 3.32. The molecule has 124 valence electrons. The first kappa shape index (κ1) is 17.1. The smallest absolute Gasteiger partial charge is 0.191 e. The molecule has 3 rings (SSSR count). The zero-order chi connectivity index (χ0) is 16.6. The van der Waals surface area contributed by atoms with Crippen molar-refractivity contribution in [2.75, 3.05) is 11.5 Å². The van der Waals surface area contributed by atoms with Gasteiger partial charge in [0.2, 0.25) is 0 Å². The predicted molar refractivity (Wildman–Crippen MR) is 93.0 cm³/mol. The van der Waals surface area contributed by atoms with E-state index in [2.05, 4.69) is 10.2 Å². The maximum atomic E-state index is 11.6. The van der Waals surface area contributed by atoms with Crippen molar-refractivity contribution in [3.63, 3.8) is 0 Å². The van der Waals surface area contributed by atoms with Crippen LogP contribution in [0.15, 0.2) is 23.4 Å². The molecule has 0 aliphatic carbocycles. The molecule has 1 atom stereocenters. The molecule has 0 spiro atoms. The molecule has 1 saturated heterocycles. The Hall–Kier alpha value is -0.760. The van der Waals surface area contributed by atoms with E-state index in [9.17, 15) is 8.42 Å². The van der Waals surface area contributed by atoms with Crippen molar-refractivity contribution in [2.24, 2.45) is 7.05 Å². The highest BCUT2D eigenvalue weighted by Gasteiger charge is 2.32. The number of hydrogen-bond donors (Lipinski definition) is 0. The van der Waals surface area contributed by atoms with Crippen LogP contribution < -0.4 is 0 Å². The SMILES string of the molecule is Cn1c(SCc2ccc(Cl)cc2Cl)nnc1C1CCS(=O)(=O)C1. The van der Waals surface area contributed by atoms with Crippen LogP contribution in [0, 0.1) is 0 Å². The van der Waals surface area contributed by atoms with Gasteiger partial charge in [0.15, 0.2) is 15.0 Å². The van der Waals surface area contributed by atoms with Gasteiger partial charge in [-0.2, -0.15) is 0 Å². The summed E-state index contributed by atoms with van der Waals surface area (Å²) in [7, 11) is -1.07. The largest absolute Gasteiger partial charge is 0.309 e. The van der Waals surface area contributed by atoms with Crippen molar-refractivity contribution in [3.05, 3.63) is 39.6 Å². The van der Waals surface area contributed by atoms with E-state index in [4.69, 9.17) is 23.2 Å². The lowest BCUT2D eigenvalue weighted by Gasteiger charge is -2.08. The number of thioether (sulfide) groups is 1. The Labute approximate surface area is 149 Å². The minimum Gasteiger partial charge on any atom is -0.309 e. The summed E-state index contributed by atoms with van der Waals surface area (Å²) in [6.45, 7) is 0. The Morgan fingerprint density at radius 3 is 2.78 bits per heavy atom. The summed E-state index contributed by atoms with van der Waals surface area (Å²) in [5.41, 5.74) is 0.967. The molecule has 0 bridgehead atoms. The van der Waals surface area contributed by atoms with Gasteiger partial charge in [-0.3, -0.25) is 0 Å². The van der Waals surface area contributed by atoms with E-state index in [1.807, 2.05) is 17.7 Å². The monoisotopic (exact) mass is 391 g/mol. The van der Waals surface area contributed by atoms with E-state index in [1.165, 1.54) is 11.8 Å². The zero-order valence-electron chi connectivity index (χ0n) is 12.4. The summed E-state index contributed by atoms with van der Waals surface area (Å²) in [6.07, 6.45) is 0.613. The van der Waals surface area contributed by atoms with Crippen LogP contribution in [0.4, 0.5) is 0 Å². The first-order valence-electron chi connectivity index (χ1n) is 7.02. The van der Waals surface area contributed by atoms with Crippen LogP contribution in [0.1, 0.15) is 23.7 Å². The first-order valence-corrected chi connectivity index (χ1v) is 10.6. The molecule has 0 N–H and O–H groups in total. The molecule has 1 aliphatic heterocycles. The molecule has 1 fully saturated rings. The lowest BCUT2D eigenvalue weighted by Crippen LogP contribution is -2.09. The first-order chi connectivity index (χ1) is 10.9. The third kappa shape index (κ3) is 3.84. The van der Waals surface area contributed by atoms with Crippen LogP contribution in [0.25, 0.3) is 0 Å². The molecule has 5 nitrogen and oxygen atoms in total. The van der Waals surface area contributed by atoms with Crippen LogP contribution >= 0.6 is 35.0 Å². The second-order valence-electron chi connectivity index (χ2n) is 5.52. The van der Waals surface area contributed by atoms with E-state index in [-0.39, 0.29) is 17.4 Å². The number of sulfone groups is 1. The fourth-order valence-corrected chi connectivity index (χ4v) is 5.80. The molecule has 1 aromatic heterocycles. The lowest BCUT2D eigenvalue weighted by atomic mass is 10.1. The van der Waals surface area contributed by atoms with Crippen LogP contribution in [0.5, 0.6) is 0 Å². The van der Waals surface area contributed by atoms with Crippen molar-refractivity contribution >= 4 is 44.8 Å². The van der Waals surface area contributed by atoms with Crippen molar-refractivity contribution in [1.82, 2.24) is 14.8 Å². The fraction of sp³-hybridized carbons (Fsp3) is 0.429. The number of rotatable bonds is 4. The highest BCUT2D eigenvalue weighted by molar-refractivity contribution is 7.98. The summed E-state index contributed by atoms with van der Waals surface area (Å²) >= 11 is 13.6. The van der Waals surface area contributed by atoms with E-state index >= 15 is 0 Å². The van der Waals surface area contributed by atoms with Crippen LogP contribution in [-0.4, -0.2) is 34.7 Å². The quantitative estimate of drug-likeness (QED) is 0.747. The molecular formula is C14H15Cl2N3O2S2. The molecule has 23 heavy (non-hydrogen) atoms. The third-order valence-electron chi connectivity index (χ3n) is 3.84. The second-order valence-corrected chi connectivity index (χ2v) is 9.54. The van der Waals surface area contributed by atoms with Crippen molar-refractivity contribution in [2.45, 2.75) is 23.2 Å². The number of aromatic nitrogens is 3. The maximum Gasteiger partial charge on any atom is 0.191 e. The van der Waals surface area contributed by atoms with Crippen molar-refractivity contribution in [1.29, 1.82) is 0 Å². The van der Waals surface area contributed by atoms with Crippen LogP contribution in [0.3, 0.4) is 0 Å². The summed E-state index contributed by atoms with van der Waals surface area (Å²) in [4.78, 5) is 0. The van der Waals surface area contributed by atoms with Gasteiger partial charge in [0.1, 0.15) is 5.82 Å². The van der Waals surface area contributed by atoms with Crippen LogP contribution in [-0.2, 0) is 22.6 Å². The molecule has 2 heterocycles. The Morgan fingerprint density at radius 2 is 2.13 bits per heavy atom. The summed E-state index contributed by atoms with van der Waals surface area (Å²) < 4.78 is 25.1. The fourth-order valence-electron chi connectivity index (χ4n) is 2.59. The highest BCUT2D eigenvalue weighted by Crippen LogP contribution is 2.31. The number of benzene rings is 1. The lowest BCUT2D eigenvalue weighted by molar-refractivity contribution is 0.599. The molecule has 1 unspecified atom stereocenters. The van der Waals surface area contributed by atoms with Gasteiger partial charge in [-0.05, 0) is 24.1 Å². The van der Waals surface area contributed by atoms with Crippen molar-refractivity contribution < 1.29 is 8.42 Å². The van der Waals surface area contributed by atoms with Gasteiger partial charge >= 0.3 is 0 Å². The van der Waals surface area contributed by atoms with Crippen LogP contribution in [0.2, 0.25) is 10.0 Å². The summed E-state index contributed by atoms with van der Waals surface area (Å²) in [6, 6.07) is 5.40. The molecule has 9 heteroatoms. The van der Waals surface area contributed by atoms with Gasteiger partial charge in [0, 0.05) is 28.8 Å². The number of halogens is 2. The Balaban J connectivity index is 1.72. The molecule has 2 aromatic rings. The van der Waals surface area contributed by atoms with Gasteiger partial charge < -0.3 is 4.57 Å². The molecule has 1 aromatic carbocycles. The van der Waals surface area contributed by atoms with E-state index in [0.717, 1.165) is 16.5 Å². The molecule has 1 aliphatic rings. The highest BCUT2D eigenvalue weighted by atomic mass is 35.5. The van der Waals surface area contributed by atoms with E-state index < -0.39 is 9.84 Å². The van der Waals surface area contributed by atoms with Gasteiger partial charge in [-0.1, -0.05) is 41.0 Å². The summed E-state index contributed by atoms with van der Waals surface area (Å²) in [5, 5.41) is 10.3. The Kier molecular flexibility index (Phi) is 4.92. The summed E-state index contributed by atoms with van der Waals surface area (Å²) in [5.74, 6) is 1.70. The molecule has 0 radical (unpaired) electrons. The molecule has 0 amide bonds. The second kappa shape index (κ2) is 6.63. The average molecular weight is 392 g/mol. The van der Waals surface area contributed by atoms with Gasteiger partial charge in [0.25, 0.3) is 0 Å². The van der Waals surface area contributed by atoms with E-state index in [1.54, 1.807) is 12.1 Å². The van der Waals surface area contributed by atoms with Crippen molar-refractivity contribution in [3.8, 4) is 0 Å². The zero-order valence-corrected chi connectivity index (χ0v) is 15.5. The van der Waals surface area contributed by atoms with Gasteiger partial charge in [-0.15, -0.1) is 10.2 Å². The average Bonchev–Trinajstić information content (AvgIpc) is 3.01. The minimum absolute atomic E-state index is 0.0639. The number of hydrogen-bond acceptors (Lipinski definition) is 5. The van der Waals surface area contributed by atoms with E-state index in [0.29, 0.717) is 22.2 Å². The molecule has 0 saturated carbocycles. The van der Waals surface area contributed by atoms with Gasteiger partial charge in [-0.25, -0.2) is 8.42 Å². The van der Waals surface area contributed by atoms with Gasteiger partial charge in [0.05, 0.1) is 11.5 Å². The Bertz CT molecular complexity index is 837. The topological polar surface area (TPSA) is 64.8 Å². The maximum absolute atomic E-state index is 11.6. The molecular weight excluding hydrogens is 377 g/mol. The minimum atomic E-state index is -2.93.